The van der Waals surface area contributed by atoms with Gasteiger partial charge >= 0.3 is 52.2 Å². The van der Waals surface area contributed by atoms with Gasteiger partial charge in [-0.05, 0) is 24.3 Å². The SMILES string of the molecule is O=C(NS(=O)(=O)Oc1ccc(Cl)cc1)OCCC(F)(F)C(F)(F)C(F)(F)C(F)(F)C(F)(F)C(F)(F)F. The lowest BCUT2D eigenvalue weighted by atomic mass is 9.93. The van der Waals surface area contributed by atoms with E-state index in [1.807, 2.05) is 0 Å². The Labute approximate surface area is 196 Å². The van der Waals surface area contributed by atoms with Crippen molar-refractivity contribution in [2.24, 2.45) is 0 Å². The number of nitrogens with one attached hydrogen (secondary N) is 1. The van der Waals surface area contributed by atoms with E-state index in [9.17, 15) is 70.3 Å². The Hall–Kier alpha value is -2.38. The number of ether oxygens (including phenoxy) is 1. The first-order valence-corrected chi connectivity index (χ1v) is 10.2. The minimum atomic E-state index is -8.07. The number of hydrogen-bond donors (Lipinski definition) is 1. The van der Waals surface area contributed by atoms with Crippen LogP contribution in [0.3, 0.4) is 0 Å². The summed E-state index contributed by atoms with van der Waals surface area (Å²) in [5.41, 5.74) is 0. The molecular formula is C15H9ClF13NO5S. The first-order chi connectivity index (χ1) is 15.8. The number of hydrogen-bond acceptors (Lipinski definition) is 5. The van der Waals surface area contributed by atoms with Crippen molar-refractivity contribution in [3.05, 3.63) is 29.3 Å². The van der Waals surface area contributed by atoms with Crippen molar-refractivity contribution in [1.29, 1.82) is 0 Å². The van der Waals surface area contributed by atoms with Crippen molar-refractivity contribution in [2.45, 2.75) is 42.2 Å². The third-order valence-corrected chi connectivity index (χ3v) is 4.96. The molecule has 0 radical (unpaired) electrons. The number of halogens is 14. The van der Waals surface area contributed by atoms with Crippen LogP contribution < -0.4 is 8.91 Å². The first-order valence-electron chi connectivity index (χ1n) is 8.43. The second kappa shape index (κ2) is 9.82. The summed E-state index contributed by atoms with van der Waals surface area (Å²) in [4.78, 5) is 11.3. The molecule has 0 saturated heterocycles. The summed E-state index contributed by atoms with van der Waals surface area (Å²) in [7, 11) is -5.13. The van der Waals surface area contributed by atoms with Crippen LogP contribution in [0.4, 0.5) is 61.9 Å². The molecule has 1 rings (SSSR count). The topological polar surface area (TPSA) is 81.7 Å². The predicted molar refractivity (Wildman–Crippen MR) is 90.9 cm³/mol. The smallest absolute Gasteiger partial charge is 0.449 e. The highest BCUT2D eigenvalue weighted by molar-refractivity contribution is 7.85. The molecule has 36 heavy (non-hydrogen) atoms. The fourth-order valence-corrected chi connectivity index (χ4v) is 2.80. The van der Waals surface area contributed by atoms with Crippen LogP contribution in [0.5, 0.6) is 5.75 Å². The molecule has 0 unspecified atom stereocenters. The van der Waals surface area contributed by atoms with Crippen LogP contribution >= 0.6 is 11.6 Å². The second-order valence-electron chi connectivity index (χ2n) is 6.48. The fraction of sp³-hybridized carbons (Fsp3) is 0.533. The van der Waals surface area contributed by atoms with E-state index in [-0.39, 0.29) is 5.02 Å². The Kier molecular flexibility index (Phi) is 8.64. The molecule has 0 saturated carbocycles. The molecule has 0 spiro atoms. The van der Waals surface area contributed by atoms with E-state index in [4.69, 9.17) is 11.6 Å². The molecule has 0 aliphatic rings. The van der Waals surface area contributed by atoms with E-state index < -0.39 is 71.0 Å². The highest BCUT2D eigenvalue weighted by atomic mass is 35.5. The monoisotopic (exact) mass is 597 g/mol. The zero-order valence-corrected chi connectivity index (χ0v) is 18.0. The van der Waals surface area contributed by atoms with Crippen LogP contribution in [0.15, 0.2) is 24.3 Å². The van der Waals surface area contributed by atoms with Crippen molar-refractivity contribution in [2.75, 3.05) is 6.61 Å². The normalized spacial score (nSPS) is 14.4. The number of benzene rings is 1. The summed E-state index contributed by atoms with van der Waals surface area (Å²) in [6, 6.07) is 4.12. The molecular weight excluding hydrogens is 589 g/mol. The van der Waals surface area contributed by atoms with Crippen molar-refractivity contribution in [1.82, 2.24) is 4.72 Å². The standard InChI is InChI=1S/C15H9ClF13NO5S/c16-7-1-3-8(4-2-7)35-36(32,33)30-9(31)34-6-5-10(17,18)11(19,20)12(21,22)13(23,24)14(25,26)15(27,28)29/h1-4H,5-6H2,(H,30,31). The molecule has 0 atom stereocenters. The summed E-state index contributed by atoms with van der Waals surface area (Å²) < 4.78 is 200. The predicted octanol–water partition coefficient (Wildman–Crippen LogP) is 5.82. The lowest BCUT2D eigenvalue weighted by Crippen LogP contribution is -2.70. The molecule has 0 aliphatic heterocycles. The number of alkyl halides is 13. The lowest BCUT2D eigenvalue weighted by Gasteiger charge is -2.39. The molecule has 0 aromatic heterocycles. The van der Waals surface area contributed by atoms with E-state index in [2.05, 4.69) is 8.92 Å². The molecule has 208 valence electrons. The fourth-order valence-electron chi connectivity index (χ4n) is 2.00. The number of amides is 1. The van der Waals surface area contributed by atoms with Crippen molar-refractivity contribution in [3.63, 3.8) is 0 Å². The summed E-state index contributed by atoms with van der Waals surface area (Å²) in [6.45, 7) is -2.15. The largest absolute Gasteiger partial charge is 0.460 e. The van der Waals surface area contributed by atoms with Crippen molar-refractivity contribution < 1.29 is 79.2 Å². The Morgan fingerprint density at radius 2 is 1.22 bits per heavy atom. The average Bonchev–Trinajstić information content (AvgIpc) is 2.67. The lowest BCUT2D eigenvalue weighted by molar-refractivity contribution is -0.440. The van der Waals surface area contributed by atoms with Gasteiger partial charge in [-0.25, -0.2) is 4.79 Å². The number of carbonyl (C=O) groups excluding carboxylic acids is 1. The summed E-state index contributed by atoms with van der Waals surface area (Å²) in [5, 5.41) is 0.107. The Bertz CT molecular complexity index is 1040. The molecule has 0 aliphatic carbocycles. The van der Waals surface area contributed by atoms with Gasteiger partial charge in [-0.15, -0.1) is 0 Å². The van der Waals surface area contributed by atoms with Crippen molar-refractivity contribution >= 4 is 28.0 Å². The molecule has 0 fully saturated rings. The minimum absolute atomic E-state index is 0.107. The molecule has 0 heterocycles. The van der Waals surface area contributed by atoms with Gasteiger partial charge in [0.05, 0.1) is 13.0 Å². The zero-order chi connectivity index (χ0) is 28.6. The second-order valence-corrected chi connectivity index (χ2v) is 8.19. The number of rotatable bonds is 10. The van der Waals surface area contributed by atoms with Gasteiger partial charge in [-0.3, -0.25) is 0 Å². The molecule has 6 nitrogen and oxygen atoms in total. The molecule has 1 aromatic carbocycles. The maximum absolute atomic E-state index is 13.6. The maximum atomic E-state index is 13.6. The van der Waals surface area contributed by atoms with Crippen molar-refractivity contribution in [3.8, 4) is 5.75 Å². The van der Waals surface area contributed by atoms with Crippen LogP contribution in [0, 0.1) is 0 Å². The van der Waals surface area contributed by atoms with Gasteiger partial charge in [0, 0.05) is 5.02 Å². The highest BCUT2D eigenvalue weighted by Crippen LogP contribution is 2.60. The van der Waals surface area contributed by atoms with Crippen LogP contribution in [-0.2, 0) is 15.0 Å². The van der Waals surface area contributed by atoms with Crippen LogP contribution in [0.1, 0.15) is 6.42 Å². The third kappa shape index (κ3) is 6.12. The molecule has 1 aromatic rings. The van der Waals surface area contributed by atoms with E-state index in [1.165, 1.54) is 0 Å². The van der Waals surface area contributed by atoms with Gasteiger partial charge in [0.1, 0.15) is 5.75 Å². The summed E-state index contributed by atoms with van der Waals surface area (Å²) in [6.07, 6.45) is -12.7. The van der Waals surface area contributed by atoms with E-state index in [0.717, 1.165) is 29.0 Å². The van der Waals surface area contributed by atoms with Crippen LogP contribution in [0.25, 0.3) is 0 Å². The number of carbonyl (C=O) groups is 1. The van der Waals surface area contributed by atoms with E-state index in [1.54, 1.807) is 0 Å². The average molecular weight is 598 g/mol. The zero-order valence-electron chi connectivity index (χ0n) is 16.5. The van der Waals surface area contributed by atoms with Gasteiger partial charge in [0.25, 0.3) is 0 Å². The van der Waals surface area contributed by atoms with Crippen LogP contribution in [-0.4, -0.2) is 56.9 Å². The maximum Gasteiger partial charge on any atom is 0.460 e. The summed E-state index contributed by atoms with van der Waals surface area (Å²) in [5.74, 6) is -38.5. The Morgan fingerprint density at radius 1 is 0.778 bits per heavy atom. The van der Waals surface area contributed by atoms with Gasteiger partial charge in [-0.1, -0.05) is 11.6 Å². The third-order valence-electron chi connectivity index (χ3n) is 3.88. The highest BCUT2D eigenvalue weighted by Gasteiger charge is 2.90. The van der Waals surface area contributed by atoms with Gasteiger partial charge in [-0.2, -0.15) is 70.2 Å². The minimum Gasteiger partial charge on any atom is -0.449 e. The Morgan fingerprint density at radius 3 is 1.67 bits per heavy atom. The van der Waals surface area contributed by atoms with Crippen LogP contribution in [0.2, 0.25) is 5.02 Å². The quantitative estimate of drug-likeness (QED) is 0.344. The Balaban J connectivity index is 2.92. The van der Waals surface area contributed by atoms with E-state index >= 15 is 0 Å². The van der Waals surface area contributed by atoms with Gasteiger partial charge < -0.3 is 8.92 Å². The van der Waals surface area contributed by atoms with Gasteiger partial charge in [0.2, 0.25) is 0 Å². The molecule has 1 amide bonds. The molecule has 21 heteroatoms. The summed E-state index contributed by atoms with van der Waals surface area (Å²) >= 11 is 5.50. The molecule has 1 N–H and O–H groups in total. The molecule has 0 bridgehead atoms. The van der Waals surface area contributed by atoms with E-state index in [0.29, 0.717) is 0 Å². The first kappa shape index (κ1) is 31.6. The van der Waals surface area contributed by atoms with Gasteiger partial charge in [0.15, 0.2) is 0 Å².